The van der Waals surface area contributed by atoms with Gasteiger partial charge in [-0.15, -0.1) is 6.58 Å². The van der Waals surface area contributed by atoms with E-state index in [2.05, 4.69) is 38.4 Å². The average Bonchev–Trinajstić information content (AvgIpc) is 2.71. The first-order valence-electron chi connectivity index (χ1n) is 10.5. The third-order valence-corrected chi connectivity index (χ3v) is 5.36. The molecule has 30 heavy (non-hydrogen) atoms. The zero-order valence-electron chi connectivity index (χ0n) is 18.2. The topological polar surface area (TPSA) is 53.5 Å². The van der Waals surface area contributed by atoms with E-state index in [4.69, 9.17) is 0 Å². The van der Waals surface area contributed by atoms with Crippen molar-refractivity contribution in [2.75, 3.05) is 19.6 Å². The van der Waals surface area contributed by atoms with Crippen molar-refractivity contribution in [2.45, 2.75) is 39.7 Å². The lowest BCUT2D eigenvalue weighted by Gasteiger charge is -2.41. The number of carbonyl (C=O) groups is 2. The monoisotopic (exact) mass is 405 g/mol. The molecule has 0 unspecified atom stereocenters. The van der Waals surface area contributed by atoms with E-state index >= 15 is 0 Å². The Morgan fingerprint density at radius 3 is 2.53 bits per heavy atom. The number of hydrogen-bond acceptors (Lipinski definition) is 3. The maximum Gasteiger partial charge on any atom is 0.246 e. The zero-order chi connectivity index (χ0) is 21.7. The molecular formula is C25H31N3O2. The molecule has 1 aliphatic heterocycles. The summed E-state index contributed by atoms with van der Waals surface area (Å²) in [6, 6.07) is 11.5. The fourth-order valence-electron chi connectivity index (χ4n) is 3.95. The second kappa shape index (κ2) is 9.24. The van der Waals surface area contributed by atoms with Crippen molar-refractivity contribution in [1.82, 2.24) is 14.8 Å². The van der Waals surface area contributed by atoms with Crippen molar-refractivity contribution in [3.63, 3.8) is 0 Å². The van der Waals surface area contributed by atoms with Crippen molar-refractivity contribution in [3.05, 3.63) is 67.0 Å². The molecule has 1 aliphatic rings. The summed E-state index contributed by atoms with van der Waals surface area (Å²) in [4.78, 5) is 34.1. The molecular weight excluding hydrogens is 374 g/mol. The van der Waals surface area contributed by atoms with Gasteiger partial charge < -0.3 is 9.80 Å². The summed E-state index contributed by atoms with van der Waals surface area (Å²) in [6.45, 7) is 11.5. The van der Waals surface area contributed by atoms with Gasteiger partial charge in [-0.3, -0.25) is 14.6 Å². The van der Waals surface area contributed by atoms with Crippen LogP contribution in [0.1, 0.15) is 32.8 Å². The van der Waals surface area contributed by atoms with Crippen LogP contribution in [0.2, 0.25) is 0 Å². The normalized spacial score (nSPS) is 17.2. The molecule has 0 spiro atoms. The third-order valence-electron chi connectivity index (χ3n) is 5.36. The van der Waals surface area contributed by atoms with E-state index in [1.54, 1.807) is 28.3 Å². The van der Waals surface area contributed by atoms with Gasteiger partial charge in [0.2, 0.25) is 11.8 Å². The molecule has 0 bridgehead atoms. The van der Waals surface area contributed by atoms with Crippen LogP contribution in [0, 0.1) is 5.41 Å². The van der Waals surface area contributed by atoms with Gasteiger partial charge in [0.05, 0.1) is 0 Å². The SMILES string of the molecule is C=CCN1CCN(C(=O)CC(C)(C)C)[C@H](Cc2ccccc2-c2ccncc2)C1=O. The molecule has 0 saturated carbocycles. The summed E-state index contributed by atoms with van der Waals surface area (Å²) in [5.41, 5.74) is 3.05. The molecule has 1 aromatic carbocycles. The predicted octanol–water partition coefficient (Wildman–Crippen LogP) is 3.95. The number of rotatable bonds is 6. The van der Waals surface area contributed by atoms with Crippen LogP contribution < -0.4 is 0 Å². The van der Waals surface area contributed by atoms with Crippen LogP contribution in [0.25, 0.3) is 11.1 Å². The van der Waals surface area contributed by atoms with E-state index in [1.807, 2.05) is 30.3 Å². The third kappa shape index (κ3) is 5.15. The van der Waals surface area contributed by atoms with Crippen molar-refractivity contribution in [3.8, 4) is 11.1 Å². The van der Waals surface area contributed by atoms with Gasteiger partial charge in [0, 0.05) is 44.9 Å². The number of amides is 2. The van der Waals surface area contributed by atoms with E-state index in [9.17, 15) is 9.59 Å². The van der Waals surface area contributed by atoms with Gasteiger partial charge in [-0.25, -0.2) is 0 Å². The van der Waals surface area contributed by atoms with Gasteiger partial charge in [-0.05, 0) is 34.2 Å². The Bertz CT molecular complexity index is 902. The molecule has 5 nitrogen and oxygen atoms in total. The number of piperazine rings is 1. The van der Waals surface area contributed by atoms with Gasteiger partial charge in [0.1, 0.15) is 6.04 Å². The molecule has 2 amide bonds. The maximum absolute atomic E-state index is 13.3. The Balaban J connectivity index is 1.94. The summed E-state index contributed by atoms with van der Waals surface area (Å²) in [5.74, 6) is 0.0356. The second-order valence-corrected chi connectivity index (χ2v) is 9.01. The standard InChI is InChI=1S/C25H31N3O2/c1-5-14-27-15-16-28(23(29)18-25(2,3)4)22(24(27)30)17-20-8-6-7-9-21(20)19-10-12-26-13-11-19/h5-13,22H,1,14-18H2,2-4H3/t22-/m1/s1. The lowest BCUT2D eigenvalue weighted by molar-refractivity contribution is -0.151. The highest BCUT2D eigenvalue weighted by Crippen LogP contribution is 2.28. The highest BCUT2D eigenvalue weighted by molar-refractivity contribution is 5.89. The molecule has 2 heterocycles. The van der Waals surface area contributed by atoms with Crippen LogP contribution >= 0.6 is 0 Å². The van der Waals surface area contributed by atoms with E-state index in [0.717, 1.165) is 16.7 Å². The Hall–Kier alpha value is -2.95. The van der Waals surface area contributed by atoms with Crippen LogP contribution in [0.5, 0.6) is 0 Å². The number of aromatic nitrogens is 1. The quantitative estimate of drug-likeness (QED) is 0.684. The van der Waals surface area contributed by atoms with Crippen molar-refractivity contribution >= 4 is 11.8 Å². The molecule has 0 N–H and O–H groups in total. The summed E-state index contributed by atoms with van der Waals surface area (Å²) >= 11 is 0. The minimum absolute atomic E-state index is 0.00654. The van der Waals surface area contributed by atoms with E-state index in [-0.39, 0.29) is 17.2 Å². The number of benzene rings is 1. The summed E-state index contributed by atoms with van der Waals surface area (Å²) in [6.07, 6.45) is 6.18. The lowest BCUT2D eigenvalue weighted by Crippen LogP contribution is -2.59. The van der Waals surface area contributed by atoms with E-state index in [0.29, 0.717) is 32.5 Å². The van der Waals surface area contributed by atoms with E-state index in [1.165, 1.54) is 0 Å². The predicted molar refractivity (Wildman–Crippen MR) is 120 cm³/mol. The van der Waals surface area contributed by atoms with Crippen molar-refractivity contribution < 1.29 is 9.59 Å². The summed E-state index contributed by atoms with van der Waals surface area (Å²) in [7, 11) is 0. The minimum atomic E-state index is -0.503. The summed E-state index contributed by atoms with van der Waals surface area (Å²) in [5, 5.41) is 0. The van der Waals surface area contributed by atoms with Gasteiger partial charge in [-0.1, -0.05) is 51.1 Å². The first-order chi connectivity index (χ1) is 14.3. The molecule has 5 heteroatoms. The van der Waals surface area contributed by atoms with Crippen LogP contribution in [0.3, 0.4) is 0 Å². The molecule has 3 rings (SSSR count). The van der Waals surface area contributed by atoms with Gasteiger partial charge in [0.25, 0.3) is 0 Å². The molecule has 158 valence electrons. The van der Waals surface area contributed by atoms with Crippen molar-refractivity contribution in [2.24, 2.45) is 5.41 Å². The molecule has 0 aliphatic carbocycles. The van der Waals surface area contributed by atoms with Crippen LogP contribution in [-0.4, -0.2) is 52.3 Å². The first kappa shape index (κ1) is 21.8. The van der Waals surface area contributed by atoms with Crippen LogP contribution in [0.15, 0.2) is 61.4 Å². The minimum Gasteiger partial charge on any atom is -0.335 e. The Morgan fingerprint density at radius 1 is 1.17 bits per heavy atom. The maximum atomic E-state index is 13.3. The summed E-state index contributed by atoms with van der Waals surface area (Å²) < 4.78 is 0. The lowest BCUT2D eigenvalue weighted by atomic mass is 9.90. The zero-order valence-corrected chi connectivity index (χ0v) is 18.2. The molecule has 1 atom stereocenters. The van der Waals surface area contributed by atoms with Crippen molar-refractivity contribution in [1.29, 1.82) is 0 Å². The fourth-order valence-corrected chi connectivity index (χ4v) is 3.95. The Labute approximate surface area is 179 Å². The van der Waals surface area contributed by atoms with E-state index < -0.39 is 6.04 Å². The highest BCUT2D eigenvalue weighted by Gasteiger charge is 2.38. The van der Waals surface area contributed by atoms with Gasteiger partial charge in [-0.2, -0.15) is 0 Å². The molecule has 1 saturated heterocycles. The van der Waals surface area contributed by atoms with Crippen LogP contribution in [0.4, 0.5) is 0 Å². The number of hydrogen-bond donors (Lipinski definition) is 0. The van der Waals surface area contributed by atoms with Crippen LogP contribution in [-0.2, 0) is 16.0 Å². The Kier molecular flexibility index (Phi) is 6.70. The second-order valence-electron chi connectivity index (χ2n) is 9.01. The molecule has 1 fully saturated rings. The molecule has 1 aromatic heterocycles. The average molecular weight is 406 g/mol. The number of pyridine rings is 1. The fraction of sp³-hybridized carbons (Fsp3) is 0.400. The first-order valence-corrected chi connectivity index (χ1v) is 10.5. The Morgan fingerprint density at radius 2 is 1.87 bits per heavy atom. The smallest absolute Gasteiger partial charge is 0.246 e. The number of nitrogens with zero attached hydrogens (tertiary/aromatic N) is 3. The highest BCUT2D eigenvalue weighted by atomic mass is 16.2. The van der Waals surface area contributed by atoms with Gasteiger partial charge >= 0.3 is 0 Å². The molecule has 0 radical (unpaired) electrons. The number of carbonyl (C=O) groups excluding carboxylic acids is 2. The van der Waals surface area contributed by atoms with Gasteiger partial charge in [0.15, 0.2) is 0 Å². The largest absolute Gasteiger partial charge is 0.335 e. The molecule has 2 aromatic rings.